The van der Waals surface area contributed by atoms with Crippen molar-refractivity contribution in [1.29, 1.82) is 0 Å². The molecule has 8 heteroatoms. The molecule has 0 bridgehead atoms. The normalized spacial score (nSPS) is 15.1. The highest BCUT2D eigenvalue weighted by Gasteiger charge is 2.35. The van der Waals surface area contributed by atoms with Crippen LogP contribution in [0.25, 0.3) is 10.6 Å². The number of hydrogen-bond acceptors (Lipinski definition) is 3. The van der Waals surface area contributed by atoms with E-state index in [0.717, 1.165) is 34.9 Å². The maximum atomic E-state index is 12.8. The second kappa shape index (κ2) is 5.42. The lowest BCUT2D eigenvalue weighted by Gasteiger charge is -2.04. The molecule has 2 aromatic heterocycles. The molecule has 2 aromatic rings. The summed E-state index contributed by atoms with van der Waals surface area (Å²) in [6, 6.07) is 4.24. The second-order valence-corrected chi connectivity index (χ2v) is 6.44. The zero-order valence-corrected chi connectivity index (χ0v) is 12.6. The predicted molar refractivity (Wildman–Crippen MR) is 76.6 cm³/mol. The van der Waals surface area contributed by atoms with Gasteiger partial charge < -0.3 is 5.32 Å². The van der Waals surface area contributed by atoms with Gasteiger partial charge in [-0.25, -0.2) is 0 Å². The zero-order valence-electron chi connectivity index (χ0n) is 11.8. The number of carbonyl (C=O) groups excluding carboxylic acids is 1. The number of nitrogens with one attached hydrogen (secondary N) is 1. The van der Waals surface area contributed by atoms with Crippen LogP contribution in [-0.2, 0) is 13.2 Å². The van der Waals surface area contributed by atoms with E-state index < -0.39 is 11.9 Å². The van der Waals surface area contributed by atoms with Gasteiger partial charge in [0.1, 0.15) is 11.4 Å². The average molecular weight is 329 g/mol. The molecule has 1 saturated carbocycles. The quantitative estimate of drug-likeness (QED) is 0.935. The first-order valence-corrected chi connectivity index (χ1v) is 7.66. The molecule has 0 aromatic carbocycles. The highest BCUT2D eigenvalue weighted by Crippen LogP contribution is 2.34. The Kier molecular flexibility index (Phi) is 3.72. The summed E-state index contributed by atoms with van der Waals surface area (Å²) in [5.41, 5.74) is -0.586. The van der Waals surface area contributed by atoms with E-state index in [-0.39, 0.29) is 11.6 Å². The Morgan fingerprint density at radius 3 is 2.77 bits per heavy atom. The molecule has 2 heterocycles. The lowest BCUT2D eigenvalue weighted by atomic mass is 10.3. The third-order valence-electron chi connectivity index (χ3n) is 3.50. The number of amides is 1. The molecule has 0 unspecified atom stereocenters. The SMILES string of the molecule is Cn1nc(-c2ccc(C(=O)NCC3CC3)s2)cc1C(F)(F)F. The van der Waals surface area contributed by atoms with E-state index in [1.165, 1.54) is 7.05 Å². The molecule has 1 fully saturated rings. The highest BCUT2D eigenvalue weighted by atomic mass is 32.1. The summed E-state index contributed by atoms with van der Waals surface area (Å²) in [7, 11) is 1.25. The van der Waals surface area contributed by atoms with Gasteiger partial charge in [0.05, 0.1) is 9.75 Å². The molecule has 0 spiro atoms. The summed E-state index contributed by atoms with van der Waals surface area (Å²) >= 11 is 1.14. The van der Waals surface area contributed by atoms with Crippen molar-refractivity contribution in [3.8, 4) is 10.6 Å². The monoisotopic (exact) mass is 329 g/mol. The fourth-order valence-corrected chi connectivity index (χ4v) is 2.97. The van der Waals surface area contributed by atoms with Gasteiger partial charge in [-0.2, -0.15) is 18.3 Å². The largest absolute Gasteiger partial charge is 0.433 e. The maximum Gasteiger partial charge on any atom is 0.433 e. The fourth-order valence-electron chi connectivity index (χ4n) is 2.10. The van der Waals surface area contributed by atoms with Gasteiger partial charge >= 0.3 is 6.18 Å². The number of carbonyl (C=O) groups is 1. The van der Waals surface area contributed by atoms with E-state index >= 15 is 0 Å². The lowest BCUT2D eigenvalue weighted by Crippen LogP contribution is -2.24. The number of rotatable bonds is 4. The first-order valence-electron chi connectivity index (χ1n) is 6.84. The van der Waals surface area contributed by atoms with E-state index in [9.17, 15) is 18.0 Å². The molecule has 22 heavy (non-hydrogen) atoms. The topological polar surface area (TPSA) is 46.9 Å². The third kappa shape index (κ3) is 3.16. The summed E-state index contributed by atoms with van der Waals surface area (Å²) in [5.74, 6) is 0.392. The minimum absolute atomic E-state index is 0.185. The summed E-state index contributed by atoms with van der Waals surface area (Å²) in [6.45, 7) is 0.661. The van der Waals surface area contributed by atoms with Crippen LogP contribution >= 0.6 is 11.3 Å². The summed E-state index contributed by atoms with van der Waals surface area (Å²) in [4.78, 5) is 13.0. The number of nitrogens with zero attached hydrogens (tertiary/aromatic N) is 2. The molecule has 1 aliphatic carbocycles. The number of halogens is 3. The molecule has 4 nitrogen and oxygen atoms in total. The summed E-state index contributed by atoms with van der Waals surface area (Å²) < 4.78 is 39.1. The van der Waals surface area contributed by atoms with Crippen molar-refractivity contribution in [3.05, 3.63) is 28.8 Å². The number of aryl methyl sites for hydroxylation is 1. The van der Waals surface area contributed by atoms with Crippen molar-refractivity contribution in [2.24, 2.45) is 13.0 Å². The Hall–Kier alpha value is -1.83. The van der Waals surface area contributed by atoms with Gasteiger partial charge in [-0.15, -0.1) is 11.3 Å². The molecular weight excluding hydrogens is 315 g/mol. The van der Waals surface area contributed by atoms with Crippen molar-refractivity contribution in [3.63, 3.8) is 0 Å². The minimum atomic E-state index is -4.44. The van der Waals surface area contributed by atoms with Crippen molar-refractivity contribution in [1.82, 2.24) is 15.1 Å². The zero-order chi connectivity index (χ0) is 15.9. The summed E-state index contributed by atoms with van der Waals surface area (Å²) in [5, 5.41) is 6.71. The Bertz CT molecular complexity index is 700. The van der Waals surface area contributed by atoms with Crippen LogP contribution in [0, 0.1) is 5.92 Å². The lowest BCUT2D eigenvalue weighted by molar-refractivity contribution is -0.143. The number of thiophene rings is 1. The van der Waals surface area contributed by atoms with Crippen LogP contribution in [0.4, 0.5) is 13.2 Å². The van der Waals surface area contributed by atoms with Crippen LogP contribution in [0.3, 0.4) is 0 Å². The molecule has 118 valence electrons. The Morgan fingerprint density at radius 2 is 2.18 bits per heavy atom. The Labute approximate surface area is 128 Å². The molecule has 1 aliphatic rings. The van der Waals surface area contributed by atoms with Crippen LogP contribution in [0.2, 0.25) is 0 Å². The van der Waals surface area contributed by atoms with Gasteiger partial charge in [0.2, 0.25) is 0 Å². The molecule has 0 radical (unpaired) electrons. The first-order chi connectivity index (χ1) is 10.3. The van der Waals surface area contributed by atoms with E-state index in [1.54, 1.807) is 12.1 Å². The van der Waals surface area contributed by atoms with Crippen molar-refractivity contribution in [2.75, 3.05) is 6.54 Å². The van der Waals surface area contributed by atoms with E-state index in [4.69, 9.17) is 0 Å². The fraction of sp³-hybridized carbons (Fsp3) is 0.429. The minimum Gasteiger partial charge on any atom is -0.351 e. The van der Waals surface area contributed by atoms with Crippen LogP contribution in [0.1, 0.15) is 28.2 Å². The second-order valence-electron chi connectivity index (χ2n) is 5.35. The smallest absolute Gasteiger partial charge is 0.351 e. The highest BCUT2D eigenvalue weighted by molar-refractivity contribution is 7.17. The molecule has 0 saturated heterocycles. The van der Waals surface area contributed by atoms with Crippen LogP contribution < -0.4 is 5.32 Å². The van der Waals surface area contributed by atoms with Crippen molar-refractivity contribution >= 4 is 17.2 Å². The molecular formula is C14H14F3N3OS. The van der Waals surface area contributed by atoms with E-state index in [2.05, 4.69) is 10.4 Å². The van der Waals surface area contributed by atoms with E-state index in [0.29, 0.717) is 22.2 Å². The van der Waals surface area contributed by atoms with Gasteiger partial charge in [-0.3, -0.25) is 9.48 Å². The first kappa shape index (κ1) is 15.1. The van der Waals surface area contributed by atoms with Gasteiger partial charge in [0.15, 0.2) is 0 Å². The van der Waals surface area contributed by atoms with E-state index in [1.807, 2.05) is 0 Å². The van der Waals surface area contributed by atoms with Crippen LogP contribution in [0.15, 0.2) is 18.2 Å². The molecule has 1 N–H and O–H groups in total. The number of aromatic nitrogens is 2. The van der Waals surface area contributed by atoms with Gasteiger partial charge in [-0.05, 0) is 37.0 Å². The molecule has 0 aliphatic heterocycles. The maximum absolute atomic E-state index is 12.8. The van der Waals surface area contributed by atoms with Crippen LogP contribution in [-0.4, -0.2) is 22.2 Å². The average Bonchev–Trinajstić information content (AvgIpc) is 2.96. The van der Waals surface area contributed by atoms with Crippen LogP contribution in [0.5, 0.6) is 0 Å². The summed E-state index contributed by atoms with van der Waals surface area (Å²) in [6.07, 6.45) is -2.16. The van der Waals surface area contributed by atoms with Gasteiger partial charge in [0, 0.05) is 13.6 Å². The Balaban J connectivity index is 1.77. The Morgan fingerprint density at radius 1 is 1.45 bits per heavy atom. The number of hydrogen-bond donors (Lipinski definition) is 1. The van der Waals surface area contributed by atoms with Crippen molar-refractivity contribution in [2.45, 2.75) is 19.0 Å². The number of alkyl halides is 3. The predicted octanol–water partition coefficient (Wildman–Crippen LogP) is 3.31. The van der Waals surface area contributed by atoms with Gasteiger partial charge in [0.25, 0.3) is 5.91 Å². The van der Waals surface area contributed by atoms with Crippen molar-refractivity contribution < 1.29 is 18.0 Å². The molecule has 3 rings (SSSR count). The van der Waals surface area contributed by atoms with Gasteiger partial charge in [-0.1, -0.05) is 0 Å². The third-order valence-corrected chi connectivity index (χ3v) is 4.61. The standard InChI is InChI=1S/C14H14F3N3OS/c1-20-12(14(15,16)17)6-9(19-20)10-4-5-11(22-10)13(21)18-7-8-2-3-8/h4-6,8H,2-3,7H2,1H3,(H,18,21). The molecule has 0 atom stereocenters. The molecule has 1 amide bonds.